The summed E-state index contributed by atoms with van der Waals surface area (Å²) in [5.41, 5.74) is 2.93. The molecule has 5 nitrogen and oxygen atoms in total. The lowest BCUT2D eigenvalue weighted by Crippen LogP contribution is -3.15. The van der Waals surface area contributed by atoms with E-state index in [4.69, 9.17) is 0 Å². The van der Waals surface area contributed by atoms with Crippen LogP contribution in [-0.4, -0.2) is 55.2 Å². The Morgan fingerprint density at radius 3 is 2.55 bits per heavy atom. The monoisotopic (exact) mass is 416 g/mol. The summed E-state index contributed by atoms with van der Waals surface area (Å²) in [6.45, 7) is 5.18. The predicted molar refractivity (Wildman–Crippen MR) is 115 cm³/mol. The molecule has 1 heterocycles. The second kappa shape index (κ2) is 10.4. The summed E-state index contributed by atoms with van der Waals surface area (Å²) in [6.07, 6.45) is 0. The van der Waals surface area contributed by atoms with Crippen LogP contribution in [0, 0.1) is 12.7 Å². The van der Waals surface area contributed by atoms with Gasteiger partial charge in [-0.05, 0) is 30.7 Å². The molecule has 0 atom stereocenters. The van der Waals surface area contributed by atoms with Crippen molar-refractivity contribution in [1.29, 1.82) is 0 Å². The third-order valence-electron chi connectivity index (χ3n) is 4.96. The molecule has 2 aromatic rings. The van der Waals surface area contributed by atoms with E-state index in [0.717, 1.165) is 23.7 Å². The number of benzene rings is 2. The number of hydrogen-bond donors (Lipinski definition) is 2. The number of carbonyl (C=O) groups excluding carboxylic acids is 2. The Kier molecular flexibility index (Phi) is 7.66. The molecule has 7 heteroatoms. The number of halogens is 1. The molecule has 0 saturated carbocycles. The molecule has 2 aromatic carbocycles. The van der Waals surface area contributed by atoms with Gasteiger partial charge in [0.25, 0.3) is 5.91 Å². The molecule has 0 unspecified atom stereocenters. The number of aryl methyl sites for hydroxylation is 1. The second-order valence-electron chi connectivity index (χ2n) is 7.34. The van der Waals surface area contributed by atoms with Crippen LogP contribution in [0.3, 0.4) is 0 Å². The molecule has 154 valence electrons. The van der Waals surface area contributed by atoms with Crippen molar-refractivity contribution in [2.45, 2.75) is 12.7 Å². The molecule has 0 bridgehead atoms. The number of hydrogen-bond acceptors (Lipinski definition) is 3. The molecule has 1 saturated heterocycles. The first-order chi connectivity index (χ1) is 14.0. The minimum absolute atomic E-state index is 0.140. The summed E-state index contributed by atoms with van der Waals surface area (Å²) in [6, 6.07) is 14.3. The summed E-state index contributed by atoms with van der Waals surface area (Å²) < 4.78 is 13.2. The van der Waals surface area contributed by atoms with E-state index < -0.39 is 0 Å². The van der Waals surface area contributed by atoms with Crippen molar-refractivity contribution in [3.63, 3.8) is 0 Å². The molecule has 1 aliphatic rings. The zero-order valence-electron chi connectivity index (χ0n) is 16.6. The zero-order chi connectivity index (χ0) is 20.6. The van der Waals surface area contributed by atoms with Crippen LogP contribution in [-0.2, 0) is 15.3 Å². The van der Waals surface area contributed by atoms with Crippen molar-refractivity contribution in [2.75, 3.05) is 43.8 Å². The van der Waals surface area contributed by atoms with Crippen LogP contribution in [0.4, 0.5) is 10.1 Å². The van der Waals surface area contributed by atoms with Gasteiger partial charge >= 0.3 is 0 Å². The number of thioether (sulfide) groups is 1. The van der Waals surface area contributed by atoms with Crippen LogP contribution in [0.5, 0.6) is 0 Å². The summed E-state index contributed by atoms with van der Waals surface area (Å²) >= 11 is 1.64. The van der Waals surface area contributed by atoms with Crippen molar-refractivity contribution in [3.8, 4) is 0 Å². The molecule has 2 amide bonds. The molecular formula is C22H27FN3O2S+. The number of nitrogens with one attached hydrogen (secondary N) is 2. The predicted octanol–water partition coefficient (Wildman–Crippen LogP) is 1.73. The van der Waals surface area contributed by atoms with E-state index in [1.165, 1.54) is 23.3 Å². The van der Waals surface area contributed by atoms with Crippen LogP contribution in [0.15, 0.2) is 48.5 Å². The van der Waals surface area contributed by atoms with Crippen molar-refractivity contribution in [2.24, 2.45) is 0 Å². The maximum absolute atomic E-state index is 13.2. The Bertz CT molecular complexity index is 836. The molecule has 2 N–H and O–H groups in total. The van der Waals surface area contributed by atoms with Crippen LogP contribution >= 0.6 is 11.8 Å². The van der Waals surface area contributed by atoms with Crippen LogP contribution in [0.2, 0.25) is 0 Å². The number of piperazine rings is 1. The molecule has 0 radical (unpaired) electrons. The first-order valence-corrected chi connectivity index (χ1v) is 10.9. The summed E-state index contributed by atoms with van der Waals surface area (Å²) in [5.74, 6) is 0.952. The minimum Gasteiger partial charge on any atom is -0.331 e. The van der Waals surface area contributed by atoms with Gasteiger partial charge in [-0.15, -0.1) is 11.8 Å². The highest BCUT2D eigenvalue weighted by Gasteiger charge is 2.25. The fourth-order valence-electron chi connectivity index (χ4n) is 3.28. The highest BCUT2D eigenvalue weighted by atomic mass is 32.2. The van der Waals surface area contributed by atoms with Gasteiger partial charge in [-0.25, -0.2) is 4.39 Å². The van der Waals surface area contributed by atoms with E-state index in [2.05, 4.69) is 36.5 Å². The maximum Gasteiger partial charge on any atom is 0.279 e. The van der Waals surface area contributed by atoms with Gasteiger partial charge in [0.1, 0.15) is 5.82 Å². The molecule has 0 spiro atoms. The fraction of sp³-hybridized carbons (Fsp3) is 0.364. The first-order valence-electron chi connectivity index (χ1n) is 9.79. The van der Waals surface area contributed by atoms with Gasteiger partial charge in [-0.2, -0.15) is 0 Å². The van der Waals surface area contributed by atoms with Gasteiger partial charge in [0.05, 0.1) is 31.9 Å². The Labute approximate surface area is 175 Å². The molecule has 1 aliphatic heterocycles. The Balaban J connectivity index is 1.35. The Morgan fingerprint density at radius 1 is 1.14 bits per heavy atom. The highest BCUT2D eigenvalue weighted by Crippen LogP contribution is 2.14. The number of rotatable bonds is 7. The lowest BCUT2D eigenvalue weighted by atomic mass is 10.2. The van der Waals surface area contributed by atoms with Gasteiger partial charge in [-0.1, -0.05) is 35.9 Å². The average molecular weight is 417 g/mol. The molecule has 3 rings (SSSR count). The third-order valence-corrected chi connectivity index (χ3v) is 5.95. The maximum atomic E-state index is 13.2. The lowest BCUT2D eigenvalue weighted by Gasteiger charge is -2.31. The summed E-state index contributed by atoms with van der Waals surface area (Å²) in [7, 11) is 0. The van der Waals surface area contributed by atoms with E-state index in [-0.39, 0.29) is 17.6 Å². The number of anilines is 1. The third kappa shape index (κ3) is 6.87. The standard InChI is InChI=1S/C22H26FN3O2S/c1-17-5-7-18(8-6-17)15-29-16-22(28)26-11-9-25(10-12-26)14-21(27)24-20-4-2-3-19(23)13-20/h2-8,13H,9-12,14-16H2,1H3,(H,24,27)/p+1. The van der Waals surface area contributed by atoms with Crippen molar-refractivity contribution in [1.82, 2.24) is 4.90 Å². The van der Waals surface area contributed by atoms with Gasteiger partial charge in [0.2, 0.25) is 5.91 Å². The van der Waals surface area contributed by atoms with E-state index in [0.29, 0.717) is 31.1 Å². The molecular weight excluding hydrogens is 389 g/mol. The topological polar surface area (TPSA) is 53.9 Å². The number of carbonyl (C=O) groups is 2. The van der Waals surface area contributed by atoms with E-state index >= 15 is 0 Å². The quantitative estimate of drug-likeness (QED) is 0.723. The van der Waals surface area contributed by atoms with Crippen LogP contribution < -0.4 is 10.2 Å². The molecule has 0 aliphatic carbocycles. The van der Waals surface area contributed by atoms with E-state index in [9.17, 15) is 14.0 Å². The number of amides is 2. The SMILES string of the molecule is Cc1ccc(CSCC(=O)N2CC[NH+](CC(=O)Nc3cccc(F)c3)CC2)cc1. The average Bonchev–Trinajstić information content (AvgIpc) is 2.70. The highest BCUT2D eigenvalue weighted by molar-refractivity contribution is 7.99. The van der Waals surface area contributed by atoms with Gasteiger partial charge in [0.15, 0.2) is 6.54 Å². The zero-order valence-corrected chi connectivity index (χ0v) is 17.4. The van der Waals surface area contributed by atoms with Crippen molar-refractivity contribution >= 4 is 29.3 Å². The smallest absolute Gasteiger partial charge is 0.279 e. The van der Waals surface area contributed by atoms with Gasteiger partial charge in [-0.3, -0.25) is 9.59 Å². The second-order valence-corrected chi connectivity index (χ2v) is 8.33. The van der Waals surface area contributed by atoms with E-state index in [1.807, 2.05) is 4.90 Å². The van der Waals surface area contributed by atoms with E-state index in [1.54, 1.807) is 23.9 Å². The molecule has 29 heavy (non-hydrogen) atoms. The number of quaternary nitrogens is 1. The fourth-order valence-corrected chi connectivity index (χ4v) is 4.17. The molecule has 1 fully saturated rings. The number of nitrogens with zero attached hydrogens (tertiary/aromatic N) is 1. The van der Waals surface area contributed by atoms with Gasteiger partial charge in [0, 0.05) is 11.4 Å². The normalized spacial score (nSPS) is 14.6. The first kappa shape index (κ1) is 21.3. The lowest BCUT2D eigenvalue weighted by molar-refractivity contribution is -0.895. The van der Waals surface area contributed by atoms with Crippen molar-refractivity contribution in [3.05, 3.63) is 65.5 Å². The van der Waals surface area contributed by atoms with Crippen LogP contribution in [0.1, 0.15) is 11.1 Å². The largest absolute Gasteiger partial charge is 0.331 e. The Morgan fingerprint density at radius 2 is 1.86 bits per heavy atom. The van der Waals surface area contributed by atoms with Crippen LogP contribution in [0.25, 0.3) is 0 Å². The summed E-state index contributed by atoms with van der Waals surface area (Å²) in [4.78, 5) is 27.6. The molecule has 0 aromatic heterocycles. The minimum atomic E-state index is -0.373. The Hall–Kier alpha value is -2.38. The summed E-state index contributed by atoms with van der Waals surface area (Å²) in [5, 5.41) is 2.73. The van der Waals surface area contributed by atoms with Crippen molar-refractivity contribution < 1.29 is 18.9 Å². The van der Waals surface area contributed by atoms with Gasteiger partial charge < -0.3 is 15.1 Å².